The van der Waals surface area contributed by atoms with E-state index in [0.29, 0.717) is 5.92 Å². The first-order valence-corrected chi connectivity index (χ1v) is 7.18. The van der Waals surface area contributed by atoms with E-state index in [4.69, 9.17) is 4.74 Å². The molecule has 2 aliphatic rings. The Morgan fingerprint density at radius 2 is 2.28 bits per heavy atom. The van der Waals surface area contributed by atoms with Gasteiger partial charge in [-0.2, -0.15) is 5.10 Å². The van der Waals surface area contributed by atoms with Gasteiger partial charge in [0.2, 0.25) is 0 Å². The molecule has 1 aliphatic carbocycles. The molecule has 1 aromatic heterocycles. The molecule has 0 spiro atoms. The number of hydrogen-bond acceptors (Lipinski definition) is 3. The Balaban J connectivity index is 1.82. The molecule has 5 nitrogen and oxygen atoms in total. The lowest BCUT2D eigenvalue weighted by Gasteiger charge is -2.29. The zero-order valence-corrected chi connectivity index (χ0v) is 12.8. The van der Waals surface area contributed by atoms with Crippen LogP contribution < -0.4 is 0 Å². The molecule has 3 rings (SSSR count). The zero-order valence-electron chi connectivity index (χ0n) is 10.7. The average molecular weight is 361 g/mol. The predicted molar refractivity (Wildman–Crippen MR) is 74.3 cm³/mol. The first kappa shape index (κ1) is 12.3. The highest BCUT2D eigenvalue weighted by Crippen LogP contribution is 2.50. The molecule has 1 aliphatic heterocycles. The minimum atomic E-state index is -0.440. The molecule has 1 N–H and O–H groups in total. The summed E-state index contributed by atoms with van der Waals surface area (Å²) in [5, 5.41) is 7.29. The number of carbonyl (C=O) groups excluding carboxylic acids is 1. The fraction of sp³-hybridized carbons (Fsp3) is 0.667. The van der Waals surface area contributed by atoms with Crippen LogP contribution in [0.2, 0.25) is 0 Å². The molecule has 1 saturated heterocycles. The summed E-state index contributed by atoms with van der Waals surface area (Å²) in [7, 11) is 0. The van der Waals surface area contributed by atoms with Crippen LogP contribution in [0.3, 0.4) is 0 Å². The first-order valence-electron chi connectivity index (χ1n) is 6.10. The lowest BCUT2D eigenvalue weighted by molar-refractivity contribution is 0.0212. The van der Waals surface area contributed by atoms with E-state index in [2.05, 4.69) is 32.8 Å². The summed E-state index contributed by atoms with van der Waals surface area (Å²) in [6, 6.07) is 0.121. The van der Waals surface area contributed by atoms with Crippen LogP contribution >= 0.6 is 22.6 Å². The van der Waals surface area contributed by atoms with E-state index < -0.39 is 5.60 Å². The Morgan fingerprint density at radius 1 is 1.56 bits per heavy atom. The summed E-state index contributed by atoms with van der Waals surface area (Å²) >= 11 is 2.25. The Morgan fingerprint density at radius 3 is 2.94 bits per heavy atom. The van der Waals surface area contributed by atoms with Crippen molar-refractivity contribution in [2.75, 3.05) is 6.54 Å². The molecule has 2 heterocycles. The number of fused-ring (bicyclic) bond motifs is 5. The van der Waals surface area contributed by atoms with Crippen LogP contribution in [0, 0.1) is 3.70 Å². The molecule has 98 valence electrons. The maximum absolute atomic E-state index is 12.1. The van der Waals surface area contributed by atoms with Crippen LogP contribution in [-0.2, 0) is 4.74 Å². The Kier molecular flexibility index (Phi) is 2.62. The Hall–Kier alpha value is -0.790. The number of carbonyl (C=O) groups is 1. The first-order chi connectivity index (χ1) is 8.37. The van der Waals surface area contributed by atoms with Crippen LogP contribution in [0.25, 0.3) is 0 Å². The highest BCUT2D eigenvalue weighted by Gasteiger charge is 2.48. The fourth-order valence-corrected chi connectivity index (χ4v) is 3.68. The lowest BCUT2D eigenvalue weighted by Crippen LogP contribution is -2.38. The summed E-state index contributed by atoms with van der Waals surface area (Å²) in [4.78, 5) is 14.0. The van der Waals surface area contributed by atoms with E-state index in [1.54, 1.807) is 0 Å². The van der Waals surface area contributed by atoms with Gasteiger partial charge >= 0.3 is 6.09 Å². The van der Waals surface area contributed by atoms with Gasteiger partial charge in [0.05, 0.1) is 11.7 Å². The van der Waals surface area contributed by atoms with Crippen molar-refractivity contribution in [1.29, 1.82) is 0 Å². The molecule has 6 heteroatoms. The highest BCUT2D eigenvalue weighted by atomic mass is 127. The number of halogens is 1. The van der Waals surface area contributed by atoms with Gasteiger partial charge in [-0.3, -0.25) is 10.00 Å². The van der Waals surface area contributed by atoms with Crippen molar-refractivity contribution in [2.24, 2.45) is 0 Å². The average Bonchev–Trinajstić information content (AvgIpc) is 2.86. The van der Waals surface area contributed by atoms with Crippen molar-refractivity contribution in [2.45, 2.75) is 44.8 Å². The number of aromatic amines is 1. The van der Waals surface area contributed by atoms with Crippen molar-refractivity contribution in [3.8, 4) is 0 Å². The standard InChI is InChI=1S/C12H16IN3O2/c1-12(2,3)18-11(17)16-5-6-4-7(16)9-8(6)10(13)15-14-9/h6-7H,4-5H2,1-3H3,(H,14,15). The van der Waals surface area contributed by atoms with Crippen LogP contribution in [0.5, 0.6) is 0 Å². The summed E-state index contributed by atoms with van der Waals surface area (Å²) in [6.45, 7) is 6.43. The number of nitrogens with one attached hydrogen (secondary N) is 1. The number of aromatic nitrogens is 2. The minimum absolute atomic E-state index is 0.121. The van der Waals surface area contributed by atoms with Crippen molar-refractivity contribution < 1.29 is 9.53 Å². The maximum Gasteiger partial charge on any atom is 0.410 e. The predicted octanol–water partition coefficient (Wildman–Crippen LogP) is 2.79. The number of ether oxygens (including phenoxy) is 1. The van der Waals surface area contributed by atoms with Gasteiger partial charge in [-0.15, -0.1) is 0 Å². The van der Waals surface area contributed by atoms with E-state index in [1.165, 1.54) is 5.56 Å². The molecule has 2 unspecified atom stereocenters. The van der Waals surface area contributed by atoms with Crippen molar-refractivity contribution in [3.05, 3.63) is 15.0 Å². The Bertz CT molecular complexity index is 506. The van der Waals surface area contributed by atoms with E-state index >= 15 is 0 Å². The van der Waals surface area contributed by atoms with Crippen LogP contribution in [0.15, 0.2) is 0 Å². The van der Waals surface area contributed by atoms with Gasteiger partial charge < -0.3 is 4.74 Å². The number of nitrogens with zero attached hydrogens (tertiary/aromatic N) is 2. The third-order valence-electron chi connectivity index (χ3n) is 3.46. The number of hydrogen-bond donors (Lipinski definition) is 1. The van der Waals surface area contributed by atoms with E-state index in [0.717, 1.165) is 22.4 Å². The summed E-state index contributed by atoms with van der Waals surface area (Å²) < 4.78 is 6.49. The molecule has 0 radical (unpaired) electrons. The van der Waals surface area contributed by atoms with Crippen molar-refractivity contribution >= 4 is 28.7 Å². The molecule has 1 amide bonds. The molecule has 18 heavy (non-hydrogen) atoms. The molecular formula is C12H16IN3O2. The molecule has 0 aromatic carbocycles. The summed E-state index contributed by atoms with van der Waals surface area (Å²) in [5.74, 6) is 0.420. The van der Waals surface area contributed by atoms with E-state index in [-0.39, 0.29) is 12.1 Å². The smallest absolute Gasteiger partial charge is 0.410 e. The molecule has 2 bridgehead atoms. The summed E-state index contributed by atoms with van der Waals surface area (Å²) in [5.41, 5.74) is 1.96. The second-order valence-electron chi connectivity index (χ2n) is 5.92. The number of amides is 1. The third-order valence-corrected chi connectivity index (χ3v) is 4.28. The molecule has 1 aromatic rings. The van der Waals surface area contributed by atoms with E-state index in [9.17, 15) is 4.79 Å². The van der Waals surface area contributed by atoms with Gasteiger partial charge in [-0.25, -0.2) is 4.79 Å². The highest BCUT2D eigenvalue weighted by molar-refractivity contribution is 14.1. The van der Waals surface area contributed by atoms with Crippen LogP contribution in [-0.4, -0.2) is 33.3 Å². The number of H-pyrrole nitrogens is 1. The van der Waals surface area contributed by atoms with Crippen LogP contribution in [0.1, 0.15) is 50.4 Å². The second-order valence-corrected chi connectivity index (χ2v) is 6.94. The van der Waals surface area contributed by atoms with Crippen molar-refractivity contribution in [3.63, 3.8) is 0 Å². The molecule has 2 atom stereocenters. The van der Waals surface area contributed by atoms with Gasteiger partial charge in [-0.1, -0.05) is 0 Å². The van der Waals surface area contributed by atoms with Gasteiger partial charge in [0.15, 0.2) is 0 Å². The zero-order chi connectivity index (χ0) is 13.1. The van der Waals surface area contributed by atoms with Crippen molar-refractivity contribution in [1.82, 2.24) is 15.1 Å². The third kappa shape index (κ3) is 1.81. The Labute approximate surface area is 119 Å². The maximum atomic E-state index is 12.1. The fourth-order valence-electron chi connectivity index (χ4n) is 2.82. The number of rotatable bonds is 0. The second kappa shape index (κ2) is 3.85. The largest absolute Gasteiger partial charge is 0.444 e. The van der Waals surface area contributed by atoms with Gasteiger partial charge in [0.1, 0.15) is 9.30 Å². The molecule has 1 fully saturated rings. The van der Waals surface area contributed by atoms with Gasteiger partial charge in [0, 0.05) is 18.0 Å². The van der Waals surface area contributed by atoms with Gasteiger partial charge in [-0.05, 0) is 49.8 Å². The molecule has 0 saturated carbocycles. The van der Waals surface area contributed by atoms with E-state index in [1.807, 2.05) is 25.7 Å². The number of likely N-dealkylation sites (tertiary alicyclic amines) is 1. The monoisotopic (exact) mass is 361 g/mol. The SMILES string of the molecule is CC(C)(C)OC(=O)N1CC2CC1c1[nH]nc(I)c12. The lowest BCUT2D eigenvalue weighted by atomic mass is 10.1. The quantitative estimate of drug-likeness (QED) is 0.723. The van der Waals surface area contributed by atoms with Crippen LogP contribution in [0.4, 0.5) is 4.79 Å². The van der Waals surface area contributed by atoms with Gasteiger partial charge in [0.25, 0.3) is 0 Å². The summed E-state index contributed by atoms with van der Waals surface area (Å²) in [6.07, 6.45) is 0.782. The topological polar surface area (TPSA) is 58.2 Å². The molecular weight excluding hydrogens is 345 g/mol. The normalized spacial score (nSPS) is 25.4. The minimum Gasteiger partial charge on any atom is -0.444 e.